The Kier molecular flexibility index (Phi) is 7.95. The molecular weight excluding hydrogens is 392 g/mol. The van der Waals surface area contributed by atoms with Crippen molar-refractivity contribution in [1.29, 1.82) is 0 Å². The molecule has 7 heteroatoms. The van der Waals surface area contributed by atoms with Crippen LogP contribution in [0.25, 0.3) is 0 Å². The molecule has 132 valence electrons. The third kappa shape index (κ3) is 8.38. The van der Waals surface area contributed by atoms with Crippen molar-refractivity contribution in [2.45, 2.75) is 0 Å². The van der Waals surface area contributed by atoms with E-state index in [2.05, 4.69) is 15.9 Å². The Morgan fingerprint density at radius 2 is 0.880 bits per heavy atom. The van der Waals surface area contributed by atoms with Gasteiger partial charge in [-0.15, -0.1) is 0 Å². The number of halogens is 1. The van der Waals surface area contributed by atoms with Gasteiger partial charge in [-0.2, -0.15) is 0 Å². The lowest BCUT2D eigenvalue weighted by molar-refractivity contribution is 0.448. The number of hydrogen-bond donors (Lipinski definition) is 6. The molecule has 0 aliphatic carbocycles. The van der Waals surface area contributed by atoms with Crippen LogP contribution >= 0.6 is 15.9 Å². The van der Waals surface area contributed by atoms with Gasteiger partial charge in [-0.1, -0.05) is 6.07 Å². The highest BCUT2D eigenvalue weighted by atomic mass is 79.9. The Morgan fingerprint density at radius 1 is 0.480 bits per heavy atom. The molecule has 6 nitrogen and oxygen atoms in total. The molecule has 0 aromatic heterocycles. The standard InChI is InChI=1S/C6H5BrO2.2C6H6O2/c7-5-2-1-4(8)3-6(5)9;7-5-1-2-6(8)4-3-5;7-5-2-1-3-6(8)4-5/h1-3,8-9H;2*1-4,7-8H. The molecule has 0 saturated carbocycles. The van der Waals surface area contributed by atoms with E-state index in [-0.39, 0.29) is 34.5 Å². The molecular formula is C18H17BrO6. The van der Waals surface area contributed by atoms with E-state index in [1.54, 1.807) is 12.1 Å². The molecule has 0 amide bonds. The van der Waals surface area contributed by atoms with Crippen molar-refractivity contribution < 1.29 is 30.6 Å². The quantitative estimate of drug-likeness (QED) is 0.312. The number of benzene rings is 3. The normalized spacial score (nSPS) is 9.16. The van der Waals surface area contributed by atoms with Crippen LogP contribution in [0.5, 0.6) is 34.5 Å². The average molecular weight is 409 g/mol. The maximum absolute atomic E-state index is 8.89. The van der Waals surface area contributed by atoms with Crippen LogP contribution in [0.15, 0.2) is 71.2 Å². The van der Waals surface area contributed by atoms with Crippen LogP contribution in [-0.2, 0) is 0 Å². The van der Waals surface area contributed by atoms with Gasteiger partial charge in [0.1, 0.15) is 34.5 Å². The lowest BCUT2D eigenvalue weighted by atomic mass is 10.3. The zero-order chi connectivity index (χ0) is 18.8. The van der Waals surface area contributed by atoms with E-state index in [0.29, 0.717) is 4.47 Å². The first kappa shape index (κ1) is 20.0. The smallest absolute Gasteiger partial charge is 0.133 e. The summed E-state index contributed by atoms with van der Waals surface area (Å²) in [6.07, 6.45) is 0. The molecule has 0 saturated heterocycles. The van der Waals surface area contributed by atoms with E-state index in [4.69, 9.17) is 30.6 Å². The number of phenols is 6. The topological polar surface area (TPSA) is 121 Å². The molecule has 0 spiro atoms. The van der Waals surface area contributed by atoms with Crippen LogP contribution in [0.1, 0.15) is 0 Å². The highest BCUT2D eigenvalue weighted by Gasteiger charge is 1.95. The number of hydrogen-bond acceptors (Lipinski definition) is 6. The van der Waals surface area contributed by atoms with Gasteiger partial charge in [0.2, 0.25) is 0 Å². The fraction of sp³-hybridized carbons (Fsp3) is 0. The van der Waals surface area contributed by atoms with Gasteiger partial charge < -0.3 is 30.6 Å². The van der Waals surface area contributed by atoms with Crippen molar-refractivity contribution in [1.82, 2.24) is 0 Å². The van der Waals surface area contributed by atoms with Crippen LogP contribution in [-0.4, -0.2) is 30.6 Å². The van der Waals surface area contributed by atoms with Crippen molar-refractivity contribution in [3.63, 3.8) is 0 Å². The number of phenolic OH excluding ortho intramolecular Hbond substituents is 6. The highest BCUT2D eigenvalue weighted by molar-refractivity contribution is 9.10. The van der Waals surface area contributed by atoms with E-state index in [1.165, 1.54) is 54.6 Å². The zero-order valence-corrected chi connectivity index (χ0v) is 14.5. The van der Waals surface area contributed by atoms with Crippen LogP contribution in [0.3, 0.4) is 0 Å². The van der Waals surface area contributed by atoms with E-state index in [9.17, 15) is 0 Å². The Hall–Kier alpha value is -3.06. The second-order valence-electron chi connectivity index (χ2n) is 4.67. The molecule has 3 rings (SSSR count). The molecule has 0 unspecified atom stereocenters. The van der Waals surface area contributed by atoms with Gasteiger partial charge in [0.25, 0.3) is 0 Å². The summed E-state index contributed by atoms with van der Waals surface area (Å²) in [5.41, 5.74) is 0. The predicted octanol–water partition coefficient (Wildman–Crippen LogP) is 4.06. The third-order valence-corrected chi connectivity index (χ3v) is 3.28. The van der Waals surface area contributed by atoms with Gasteiger partial charge in [-0.3, -0.25) is 0 Å². The summed E-state index contributed by atoms with van der Waals surface area (Å²) in [7, 11) is 0. The summed E-state index contributed by atoms with van der Waals surface area (Å²) >= 11 is 3.07. The van der Waals surface area contributed by atoms with Crippen LogP contribution in [0, 0.1) is 0 Å². The Labute approximate surface area is 152 Å². The molecule has 0 fully saturated rings. The minimum atomic E-state index is 0.0509. The van der Waals surface area contributed by atoms with Gasteiger partial charge in [-0.05, 0) is 64.5 Å². The fourth-order valence-electron chi connectivity index (χ4n) is 1.45. The highest BCUT2D eigenvalue weighted by Crippen LogP contribution is 2.26. The molecule has 6 N–H and O–H groups in total. The maximum Gasteiger partial charge on any atom is 0.133 e. The van der Waals surface area contributed by atoms with Gasteiger partial charge in [0.15, 0.2) is 0 Å². The molecule has 0 aliphatic heterocycles. The fourth-order valence-corrected chi connectivity index (χ4v) is 1.69. The first-order chi connectivity index (χ1) is 11.8. The van der Waals surface area contributed by atoms with Crippen molar-refractivity contribution >= 4 is 15.9 Å². The lowest BCUT2D eigenvalue weighted by Gasteiger charge is -1.94. The van der Waals surface area contributed by atoms with Crippen molar-refractivity contribution in [2.24, 2.45) is 0 Å². The Balaban J connectivity index is 0.000000188. The van der Waals surface area contributed by atoms with E-state index >= 15 is 0 Å². The summed E-state index contributed by atoms with van der Waals surface area (Å²) in [4.78, 5) is 0. The van der Waals surface area contributed by atoms with Gasteiger partial charge in [0, 0.05) is 12.1 Å². The summed E-state index contributed by atoms with van der Waals surface area (Å²) in [6, 6.07) is 15.9. The van der Waals surface area contributed by atoms with Gasteiger partial charge in [0.05, 0.1) is 4.47 Å². The number of rotatable bonds is 0. The molecule has 0 atom stereocenters. The van der Waals surface area contributed by atoms with Crippen LogP contribution < -0.4 is 0 Å². The van der Waals surface area contributed by atoms with Crippen molar-refractivity contribution in [2.75, 3.05) is 0 Å². The minimum absolute atomic E-state index is 0.0509. The SMILES string of the molecule is Oc1ccc(Br)c(O)c1.Oc1ccc(O)cc1.Oc1cccc(O)c1. The summed E-state index contributed by atoms with van der Waals surface area (Å²) in [6.45, 7) is 0. The van der Waals surface area contributed by atoms with Crippen molar-refractivity contribution in [3.8, 4) is 34.5 Å². The van der Waals surface area contributed by atoms with E-state index in [1.807, 2.05) is 0 Å². The Bertz CT molecular complexity index is 752. The van der Waals surface area contributed by atoms with E-state index in [0.717, 1.165) is 0 Å². The Morgan fingerprint density at radius 3 is 1.20 bits per heavy atom. The predicted molar refractivity (Wildman–Crippen MR) is 97.0 cm³/mol. The molecule has 3 aromatic carbocycles. The minimum Gasteiger partial charge on any atom is -0.508 e. The first-order valence-corrected chi connectivity index (χ1v) is 7.70. The first-order valence-electron chi connectivity index (χ1n) is 6.91. The van der Waals surface area contributed by atoms with Crippen LogP contribution in [0.2, 0.25) is 0 Å². The summed E-state index contributed by atoms with van der Waals surface area (Å²) in [5.74, 6) is 0.631. The second-order valence-corrected chi connectivity index (χ2v) is 5.53. The van der Waals surface area contributed by atoms with Crippen LogP contribution in [0.4, 0.5) is 0 Å². The molecule has 3 aromatic rings. The largest absolute Gasteiger partial charge is 0.508 e. The summed E-state index contributed by atoms with van der Waals surface area (Å²) in [5, 5.41) is 52.2. The second kappa shape index (κ2) is 9.94. The summed E-state index contributed by atoms with van der Waals surface area (Å²) < 4.78 is 0.584. The third-order valence-electron chi connectivity index (χ3n) is 2.61. The average Bonchev–Trinajstić information content (AvgIpc) is 2.55. The van der Waals surface area contributed by atoms with Gasteiger partial charge in [-0.25, -0.2) is 0 Å². The molecule has 0 bridgehead atoms. The van der Waals surface area contributed by atoms with E-state index < -0.39 is 0 Å². The molecule has 0 heterocycles. The zero-order valence-electron chi connectivity index (χ0n) is 12.9. The van der Waals surface area contributed by atoms with Gasteiger partial charge >= 0.3 is 0 Å². The number of aromatic hydroxyl groups is 6. The maximum atomic E-state index is 8.89. The lowest BCUT2D eigenvalue weighted by Crippen LogP contribution is -1.66. The molecule has 0 radical (unpaired) electrons. The van der Waals surface area contributed by atoms with Crippen molar-refractivity contribution in [3.05, 3.63) is 71.2 Å². The molecule has 0 aliphatic rings. The monoisotopic (exact) mass is 408 g/mol. The molecule has 25 heavy (non-hydrogen) atoms.